The molecule has 1 amide bonds. The van der Waals surface area contributed by atoms with Crippen LogP contribution in [0.2, 0.25) is 0 Å². The highest BCUT2D eigenvalue weighted by Crippen LogP contribution is 2.20. The van der Waals surface area contributed by atoms with Crippen LogP contribution in [0.5, 0.6) is 0 Å². The van der Waals surface area contributed by atoms with Gasteiger partial charge in [-0.3, -0.25) is 9.69 Å². The molecule has 0 aliphatic carbocycles. The van der Waals surface area contributed by atoms with Crippen molar-refractivity contribution >= 4 is 5.91 Å². The van der Waals surface area contributed by atoms with Gasteiger partial charge in [0.25, 0.3) is 0 Å². The number of likely N-dealkylation sites (tertiary alicyclic amines) is 1. The minimum absolute atomic E-state index is 0.0183. The van der Waals surface area contributed by atoms with E-state index in [1.807, 2.05) is 36.4 Å². The molecule has 2 aromatic rings. The molecule has 4 nitrogen and oxygen atoms in total. The first kappa shape index (κ1) is 17.6. The molecule has 1 aliphatic rings. The van der Waals surface area contributed by atoms with Gasteiger partial charge in [0.15, 0.2) is 0 Å². The summed E-state index contributed by atoms with van der Waals surface area (Å²) in [6, 6.07) is 19.7. The third-order valence-electron chi connectivity index (χ3n) is 4.83. The summed E-state index contributed by atoms with van der Waals surface area (Å²) in [5.74, 6) is 0.0240. The normalized spacial score (nSPS) is 19.3. The van der Waals surface area contributed by atoms with E-state index >= 15 is 0 Å². The van der Waals surface area contributed by atoms with E-state index in [2.05, 4.69) is 34.5 Å². The van der Waals surface area contributed by atoms with E-state index in [0.717, 1.165) is 38.0 Å². The van der Waals surface area contributed by atoms with Gasteiger partial charge in [-0.25, -0.2) is 0 Å². The minimum Gasteiger partial charge on any atom is -0.394 e. The Hall–Kier alpha value is -2.17. The van der Waals surface area contributed by atoms with Crippen LogP contribution >= 0.6 is 0 Å². The van der Waals surface area contributed by atoms with Crippen molar-refractivity contribution in [1.29, 1.82) is 0 Å². The minimum atomic E-state index is -0.335. The average Bonchev–Trinajstić information content (AvgIpc) is 2.67. The number of carbonyl (C=O) groups excluding carboxylic acids is 1. The molecule has 4 heteroatoms. The number of hydrogen-bond donors (Lipinski definition) is 2. The first-order valence-corrected chi connectivity index (χ1v) is 8.98. The SMILES string of the molecule is O=C(N[C@H](CO)c1ccccc1)C1CCCN(Cc2ccccc2)C1. The standard InChI is InChI=1S/C21H26N2O2/c24-16-20(18-10-5-2-6-11-18)22-21(25)19-12-7-13-23(15-19)14-17-8-3-1-4-9-17/h1-6,8-11,19-20,24H,7,12-16H2,(H,22,25)/t19?,20-/m1/s1. The number of amides is 1. The molecule has 0 saturated carbocycles. The second kappa shape index (κ2) is 8.79. The van der Waals surface area contributed by atoms with Crippen molar-refractivity contribution < 1.29 is 9.90 Å². The molecule has 132 valence electrons. The van der Waals surface area contributed by atoms with E-state index in [1.54, 1.807) is 0 Å². The Balaban J connectivity index is 1.58. The summed E-state index contributed by atoms with van der Waals surface area (Å²) in [5, 5.41) is 12.7. The Bertz CT molecular complexity index is 660. The van der Waals surface area contributed by atoms with E-state index in [0.29, 0.717) is 0 Å². The van der Waals surface area contributed by atoms with Gasteiger partial charge in [-0.15, -0.1) is 0 Å². The summed E-state index contributed by atoms with van der Waals surface area (Å²) in [6.07, 6.45) is 1.93. The predicted molar refractivity (Wildman–Crippen MR) is 98.9 cm³/mol. The second-order valence-corrected chi connectivity index (χ2v) is 6.71. The summed E-state index contributed by atoms with van der Waals surface area (Å²) in [5.41, 5.74) is 2.22. The predicted octanol–water partition coefficient (Wildman–Crippen LogP) is 2.75. The topological polar surface area (TPSA) is 52.6 Å². The Morgan fingerprint density at radius 1 is 1.12 bits per heavy atom. The van der Waals surface area contributed by atoms with E-state index in [-0.39, 0.29) is 24.5 Å². The summed E-state index contributed by atoms with van der Waals surface area (Å²) in [7, 11) is 0. The smallest absolute Gasteiger partial charge is 0.224 e. The number of nitrogens with zero attached hydrogens (tertiary/aromatic N) is 1. The van der Waals surface area contributed by atoms with Crippen molar-refractivity contribution in [2.24, 2.45) is 5.92 Å². The van der Waals surface area contributed by atoms with Crippen LogP contribution in [-0.2, 0) is 11.3 Å². The fourth-order valence-electron chi connectivity index (χ4n) is 3.46. The molecule has 25 heavy (non-hydrogen) atoms. The number of carbonyl (C=O) groups is 1. The highest BCUT2D eigenvalue weighted by molar-refractivity contribution is 5.79. The Kier molecular flexibility index (Phi) is 6.20. The molecule has 1 fully saturated rings. The van der Waals surface area contributed by atoms with Gasteiger partial charge in [0.1, 0.15) is 0 Å². The average molecular weight is 338 g/mol. The lowest BCUT2D eigenvalue weighted by Gasteiger charge is -2.32. The van der Waals surface area contributed by atoms with E-state index in [9.17, 15) is 9.90 Å². The Morgan fingerprint density at radius 2 is 1.80 bits per heavy atom. The van der Waals surface area contributed by atoms with Crippen LogP contribution in [0.4, 0.5) is 0 Å². The van der Waals surface area contributed by atoms with Crippen LogP contribution in [0.3, 0.4) is 0 Å². The first-order chi connectivity index (χ1) is 12.3. The van der Waals surface area contributed by atoms with Crippen LogP contribution in [0.25, 0.3) is 0 Å². The zero-order valence-corrected chi connectivity index (χ0v) is 14.5. The molecule has 1 aliphatic heterocycles. The molecule has 1 saturated heterocycles. The molecule has 3 rings (SSSR count). The van der Waals surface area contributed by atoms with Gasteiger partial charge in [-0.05, 0) is 30.5 Å². The van der Waals surface area contributed by atoms with Crippen molar-refractivity contribution in [1.82, 2.24) is 10.2 Å². The quantitative estimate of drug-likeness (QED) is 0.851. The summed E-state index contributed by atoms with van der Waals surface area (Å²) >= 11 is 0. The second-order valence-electron chi connectivity index (χ2n) is 6.71. The highest BCUT2D eigenvalue weighted by atomic mass is 16.3. The Morgan fingerprint density at radius 3 is 2.48 bits per heavy atom. The zero-order chi connectivity index (χ0) is 17.5. The van der Waals surface area contributed by atoms with Gasteiger partial charge >= 0.3 is 0 Å². The van der Waals surface area contributed by atoms with Crippen LogP contribution < -0.4 is 5.32 Å². The molecule has 2 N–H and O–H groups in total. The van der Waals surface area contributed by atoms with Crippen molar-refractivity contribution in [2.75, 3.05) is 19.7 Å². The van der Waals surface area contributed by atoms with Crippen molar-refractivity contribution in [2.45, 2.75) is 25.4 Å². The highest BCUT2D eigenvalue weighted by Gasteiger charge is 2.27. The van der Waals surface area contributed by atoms with Crippen LogP contribution in [0, 0.1) is 5.92 Å². The van der Waals surface area contributed by atoms with Crippen molar-refractivity contribution in [3.63, 3.8) is 0 Å². The molecule has 2 aromatic carbocycles. The van der Waals surface area contributed by atoms with Gasteiger partial charge in [0.05, 0.1) is 18.6 Å². The van der Waals surface area contributed by atoms with Gasteiger partial charge in [0.2, 0.25) is 5.91 Å². The molecule has 1 unspecified atom stereocenters. The number of benzene rings is 2. The van der Waals surface area contributed by atoms with E-state index < -0.39 is 0 Å². The largest absolute Gasteiger partial charge is 0.394 e. The number of rotatable bonds is 6. The first-order valence-electron chi connectivity index (χ1n) is 8.98. The maximum absolute atomic E-state index is 12.7. The number of piperidine rings is 1. The van der Waals surface area contributed by atoms with Gasteiger partial charge in [-0.1, -0.05) is 60.7 Å². The summed E-state index contributed by atoms with van der Waals surface area (Å²) in [4.78, 5) is 15.0. The van der Waals surface area contributed by atoms with Gasteiger partial charge < -0.3 is 10.4 Å². The molecular weight excluding hydrogens is 312 g/mol. The molecule has 0 spiro atoms. The lowest BCUT2D eigenvalue weighted by atomic mass is 9.95. The van der Waals surface area contributed by atoms with Crippen LogP contribution in [0.1, 0.15) is 30.0 Å². The summed E-state index contributed by atoms with van der Waals surface area (Å²) < 4.78 is 0. The third-order valence-corrected chi connectivity index (χ3v) is 4.83. The molecule has 0 aromatic heterocycles. The fourth-order valence-corrected chi connectivity index (χ4v) is 3.46. The van der Waals surface area contributed by atoms with E-state index in [1.165, 1.54) is 5.56 Å². The van der Waals surface area contributed by atoms with Gasteiger partial charge in [0, 0.05) is 13.1 Å². The number of aliphatic hydroxyl groups excluding tert-OH is 1. The zero-order valence-electron chi connectivity index (χ0n) is 14.5. The maximum atomic E-state index is 12.7. The van der Waals surface area contributed by atoms with Crippen molar-refractivity contribution in [3.8, 4) is 0 Å². The van der Waals surface area contributed by atoms with Crippen molar-refractivity contribution in [3.05, 3.63) is 71.8 Å². The van der Waals surface area contributed by atoms with Gasteiger partial charge in [-0.2, -0.15) is 0 Å². The maximum Gasteiger partial charge on any atom is 0.224 e. The fraction of sp³-hybridized carbons (Fsp3) is 0.381. The van der Waals surface area contributed by atoms with Crippen LogP contribution in [-0.4, -0.2) is 35.6 Å². The summed E-state index contributed by atoms with van der Waals surface area (Å²) in [6.45, 7) is 2.59. The third kappa shape index (κ3) is 4.91. The lowest BCUT2D eigenvalue weighted by molar-refractivity contribution is -0.127. The molecule has 2 atom stereocenters. The number of aliphatic hydroxyl groups is 1. The molecule has 0 bridgehead atoms. The Labute approximate surface area is 149 Å². The van der Waals surface area contributed by atoms with Crippen LogP contribution in [0.15, 0.2) is 60.7 Å². The molecular formula is C21H26N2O2. The molecule has 0 radical (unpaired) electrons. The van der Waals surface area contributed by atoms with E-state index in [4.69, 9.17) is 0 Å². The number of nitrogens with one attached hydrogen (secondary N) is 1. The lowest BCUT2D eigenvalue weighted by Crippen LogP contribution is -2.44. The molecule has 1 heterocycles. The monoisotopic (exact) mass is 338 g/mol. The number of hydrogen-bond acceptors (Lipinski definition) is 3.